The number of hydrogen-bond donors (Lipinski definition) is 3. The number of aliphatic hydroxyl groups is 2. The molecule has 140 valence electrons. The molecule has 0 amide bonds. The highest BCUT2D eigenvalue weighted by atomic mass is 32.1. The van der Waals surface area contributed by atoms with Crippen LogP contribution in [0.2, 0.25) is 0 Å². The van der Waals surface area contributed by atoms with E-state index in [1.54, 1.807) is 11.6 Å². The number of hydrogen-bond acceptors (Lipinski definition) is 3. The van der Waals surface area contributed by atoms with Crippen LogP contribution < -0.4 is 0 Å². The van der Waals surface area contributed by atoms with E-state index < -0.39 is 6.10 Å². The van der Waals surface area contributed by atoms with E-state index in [9.17, 15) is 5.11 Å². The third kappa shape index (κ3) is 3.94. The molecule has 2 nitrogen and oxygen atoms in total. The molecule has 0 heterocycles. The van der Waals surface area contributed by atoms with Crippen LogP contribution in [0.25, 0.3) is 0 Å². The van der Waals surface area contributed by atoms with Crippen LogP contribution in [0.1, 0.15) is 65.2 Å². The molecule has 2 N–H and O–H groups in total. The van der Waals surface area contributed by atoms with Crippen molar-refractivity contribution >= 4 is 12.6 Å². The molecular formula is C22H34O2S. The van der Waals surface area contributed by atoms with Gasteiger partial charge in [-0.05, 0) is 74.2 Å². The van der Waals surface area contributed by atoms with Gasteiger partial charge in [-0.3, -0.25) is 0 Å². The summed E-state index contributed by atoms with van der Waals surface area (Å²) in [5.74, 6) is 1.45. The van der Waals surface area contributed by atoms with Gasteiger partial charge < -0.3 is 10.2 Å². The molecule has 3 rings (SSSR count). The number of aliphatic hydroxyl groups excluding tert-OH is 2. The molecule has 5 unspecified atom stereocenters. The summed E-state index contributed by atoms with van der Waals surface area (Å²) in [5.41, 5.74) is 4.40. The molecule has 3 saturated carbocycles. The first kappa shape index (κ1) is 19.3. The quantitative estimate of drug-likeness (QED) is 0.497. The highest BCUT2D eigenvalue weighted by Gasteiger charge is 2.50. The van der Waals surface area contributed by atoms with Crippen molar-refractivity contribution in [1.82, 2.24) is 0 Å². The molecular weight excluding hydrogens is 328 g/mol. The van der Waals surface area contributed by atoms with E-state index in [0.29, 0.717) is 17.1 Å². The fraction of sp³-hybridized carbons (Fsp3) is 0.727. The first-order valence-corrected chi connectivity index (χ1v) is 10.5. The molecule has 3 heteroatoms. The molecule has 3 aliphatic carbocycles. The predicted octanol–water partition coefficient (Wildman–Crippen LogP) is 4.84. The van der Waals surface area contributed by atoms with Gasteiger partial charge in [0, 0.05) is 5.25 Å². The largest absolute Gasteiger partial charge is 0.392 e. The van der Waals surface area contributed by atoms with Gasteiger partial charge in [0.25, 0.3) is 0 Å². The summed E-state index contributed by atoms with van der Waals surface area (Å²) in [7, 11) is 0. The van der Waals surface area contributed by atoms with Gasteiger partial charge in [0.1, 0.15) is 0 Å². The zero-order chi connectivity index (χ0) is 18.0. The first-order chi connectivity index (χ1) is 12.0. The zero-order valence-corrected chi connectivity index (χ0v) is 16.6. The van der Waals surface area contributed by atoms with Crippen molar-refractivity contribution in [1.29, 1.82) is 0 Å². The minimum atomic E-state index is -0.414. The summed E-state index contributed by atoms with van der Waals surface area (Å²) in [6.45, 7) is 4.79. The molecule has 0 saturated heterocycles. The van der Waals surface area contributed by atoms with Gasteiger partial charge in [-0.15, -0.1) is 0 Å². The van der Waals surface area contributed by atoms with Crippen molar-refractivity contribution in [2.75, 3.05) is 6.61 Å². The first-order valence-electron chi connectivity index (χ1n) is 10.00. The summed E-state index contributed by atoms with van der Waals surface area (Å²) in [5, 5.41) is 19.8. The lowest BCUT2D eigenvalue weighted by Crippen LogP contribution is -2.36. The van der Waals surface area contributed by atoms with Crippen LogP contribution in [-0.2, 0) is 0 Å². The molecule has 0 aromatic heterocycles. The van der Waals surface area contributed by atoms with Gasteiger partial charge >= 0.3 is 0 Å². The normalized spacial score (nSPS) is 42.1. The SMILES string of the molecule is CC(S)C1CCC2/C(=C/C=C3/CC/C(=C/CO)C(O)C3)CCCC21C. The molecule has 0 bridgehead atoms. The van der Waals surface area contributed by atoms with E-state index in [1.807, 2.05) is 0 Å². The van der Waals surface area contributed by atoms with Crippen molar-refractivity contribution in [3.8, 4) is 0 Å². The van der Waals surface area contributed by atoms with Gasteiger partial charge in [-0.2, -0.15) is 12.6 Å². The average molecular weight is 363 g/mol. The Hall–Kier alpha value is -0.510. The summed E-state index contributed by atoms with van der Waals surface area (Å²) < 4.78 is 0. The maximum Gasteiger partial charge on any atom is 0.0788 e. The Kier molecular flexibility index (Phi) is 6.18. The van der Waals surface area contributed by atoms with E-state index in [-0.39, 0.29) is 6.61 Å². The molecule has 0 radical (unpaired) electrons. The Labute approximate surface area is 158 Å². The van der Waals surface area contributed by atoms with Gasteiger partial charge in [-0.25, -0.2) is 0 Å². The lowest BCUT2D eigenvalue weighted by molar-refractivity contribution is 0.136. The van der Waals surface area contributed by atoms with Crippen molar-refractivity contribution in [2.45, 2.75) is 76.6 Å². The second-order valence-corrected chi connectivity index (χ2v) is 9.40. The van der Waals surface area contributed by atoms with Gasteiger partial charge in [-0.1, -0.05) is 43.2 Å². The highest BCUT2D eigenvalue weighted by molar-refractivity contribution is 7.80. The average Bonchev–Trinajstić information content (AvgIpc) is 2.93. The maximum absolute atomic E-state index is 10.2. The third-order valence-corrected chi connectivity index (χ3v) is 7.49. The summed E-state index contributed by atoms with van der Waals surface area (Å²) in [6.07, 6.45) is 15.1. The minimum Gasteiger partial charge on any atom is -0.392 e. The molecule has 25 heavy (non-hydrogen) atoms. The van der Waals surface area contributed by atoms with Gasteiger partial charge in [0.15, 0.2) is 0 Å². The topological polar surface area (TPSA) is 40.5 Å². The fourth-order valence-corrected chi connectivity index (χ4v) is 6.25. The molecule has 0 spiro atoms. The molecule has 0 aliphatic heterocycles. The summed E-state index contributed by atoms with van der Waals surface area (Å²) in [4.78, 5) is 0. The van der Waals surface area contributed by atoms with Crippen LogP contribution in [0.4, 0.5) is 0 Å². The Bertz CT molecular complexity index is 575. The molecule has 5 atom stereocenters. The van der Waals surface area contributed by atoms with E-state index >= 15 is 0 Å². The second kappa shape index (κ2) is 8.02. The van der Waals surface area contributed by atoms with Crippen LogP contribution in [0.15, 0.2) is 34.9 Å². The number of fused-ring (bicyclic) bond motifs is 1. The Morgan fingerprint density at radius 3 is 2.68 bits per heavy atom. The van der Waals surface area contributed by atoms with Crippen LogP contribution >= 0.6 is 12.6 Å². The molecule has 3 aliphatic rings. The second-order valence-electron chi connectivity index (χ2n) is 8.58. The van der Waals surface area contributed by atoms with Crippen LogP contribution in [-0.4, -0.2) is 28.2 Å². The highest BCUT2D eigenvalue weighted by Crippen LogP contribution is 2.58. The summed E-state index contributed by atoms with van der Waals surface area (Å²) in [6, 6.07) is 0. The van der Waals surface area contributed by atoms with E-state index in [2.05, 4.69) is 26.0 Å². The lowest BCUT2D eigenvalue weighted by Gasteiger charge is -2.43. The van der Waals surface area contributed by atoms with E-state index in [1.165, 1.54) is 37.7 Å². The van der Waals surface area contributed by atoms with Gasteiger partial charge in [0.05, 0.1) is 12.7 Å². The fourth-order valence-electron chi connectivity index (χ4n) is 5.76. The number of allylic oxidation sites excluding steroid dienone is 3. The van der Waals surface area contributed by atoms with Crippen LogP contribution in [0.5, 0.6) is 0 Å². The van der Waals surface area contributed by atoms with Crippen molar-refractivity contribution < 1.29 is 10.2 Å². The maximum atomic E-state index is 10.2. The molecule has 0 aromatic rings. The summed E-state index contributed by atoms with van der Waals surface area (Å²) >= 11 is 4.78. The van der Waals surface area contributed by atoms with Crippen LogP contribution in [0.3, 0.4) is 0 Å². The van der Waals surface area contributed by atoms with E-state index in [4.69, 9.17) is 17.7 Å². The Morgan fingerprint density at radius 2 is 2.00 bits per heavy atom. The zero-order valence-electron chi connectivity index (χ0n) is 15.7. The number of rotatable bonds is 3. The van der Waals surface area contributed by atoms with Crippen LogP contribution in [0, 0.1) is 17.3 Å². The van der Waals surface area contributed by atoms with Crippen molar-refractivity contribution in [3.63, 3.8) is 0 Å². The molecule has 0 aromatic carbocycles. The van der Waals surface area contributed by atoms with Gasteiger partial charge in [0.2, 0.25) is 0 Å². The Morgan fingerprint density at radius 1 is 1.20 bits per heavy atom. The smallest absolute Gasteiger partial charge is 0.0788 e. The molecule has 3 fully saturated rings. The van der Waals surface area contributed by atoms with Crippen molar-refractivity contribution in [2.24, 2.45) is 17.3 Å². The third-order valence-electron chi connectivity index (χ3n) is 7.13. The van der Waals surface area contributed by atoms with Crippen molar-refractivity contribution in [3.05, 3.63) is 34.9 Å². The minimum absolute atomic E-state index is 0.0283. The number of thiol groups is 1. The predicted molar refractivity (Wildman–Crippen MR) is 108 cm³/mol. The lowest BCUT2D eigenvalue weighted by atomic mass is 9.63. The monoisotopic (exact) mass is 362 g/mol. The van der Waals surface area contributed by atoms with E-state index in [0.717, 1.165) is 30.3 Å². The Balaban J connectivity index is 1.73. The standard InChI is InChI=1S/C22H34O2S/c1-15(25)19-9-10-20-17(4-3-12-22(19,20)2)7-5-16-6-8-18(11-13-23)21(24)14-16/h5,7,11,15,19-21,23-25H,3-4,6,8-10,12-14H2,1-2H3/b16-5-,17-7+,18-11-.